The number of imidazole rings is 1. The number of hydrogen-bond donors (Lipinski definition) is 3. The molecule has 0 unspecified atom stereocenters. The summed E-state index contributed by atoms with van der Waals surface area (Å²) in [5.74, 6) is -1.36. The number of aromatic nitrogens is 2. The fraction of sp³-hybridized carbons (Fsp3) is 0.167. The van der Waals surface area contributed by atoms with E-state index in [1.54, 1.807) is 0 Å². The number of carboxylic acid groups (broad SMARTS) is 1. The van der Waals surface area contributed by atoms with Crippen LogP contribution in [0.5, 0.6) is 0 Å². The third-order valence-corrected chi connectivity index (χ3v) is 2.65. The van der Waals surface area contributed by atoms with E-state index in [1.807, 2.05) is 0 Å². The van der Waals surface area contributed by atoms with E-state index in [2.05, 4.69) is 9.97 Å². The number of aromatic amines is 2. The molecule has 0 spiro atoms. The summed E-state index contributed by atoms with van der Waals surface area (Å²) in [4.78, 5) is 26.3. The van der Waals surface area contributed by atoms with E-state index < -0.39 is 23.4 Å². The summed E-state index contributed by atoms with van der Waals surface area (Å²) in [5.41, 5.74) is -1.62. The van der Waals surface area contributed by atoms with Gasteiger partial charge < -0.3 is 10.1 Å². The highest BCUT2D eigenvalue weighted by molar-refractivity contribution is 5.86. The summed E-state index contributed by atoms with van der Waals surface area (Å²) in [6.07, 6.45) is -4.60. The van der Waals surface area contributed by atoms with E-state index in [4.69, 9.17) is 5.11 Å². The Morgan fingerprint density at radius 3 is 2.55 bits per heavy atom. The first-order valence-corrected chi connectivity index (χ1v) is 5.48. The Morgan fingerprint density at radius 2 is 1.95 bits per heavy atom. The third kappa shape index (κ3) is 2.90. The molecule has 3 N–H and O–H groups in total. The van der Waals surface area contributed by atoms with Crippen molar-refractivity contribution in [3.63, 3.8) is 0 Å². The molecule has 1 aromatic heterocycles. The number of carbonyl (C=O) groups is 1. The predicted molar refractivity (Wildman–Crippen MR) is 62.6 cm³/mol. The second kappa shape index (κ2) is 4.87. The zero-order chi connectivity index (χ0) is 14.9. The molecule has 0 atom stereocenters. The van der Waals surface area contributed by atoms with Crippen LogP contribution in [0.1, 0.15) is 27.3 Å². The average Bonchev–Trinajstić information content (AvgIpc) is 2.69. The van der Waals surface area contributed by atoms with Crippen molar-refractivity contribution >= 4 is 5.97 Å². The van der Waals surface area contributed by atoms with Crippen molar-refractivity contribution in [3.05, 3.63) is 57.3 Å². The van der Waals surface area contributed by atoms with Crippen LogP contribution >= 0.6 is 0 Å². The van der Waals surface area contributed by atoms with E-state index in [9.17, 15) is 22.8 Å². The van der Waals surface area contributed by atoms with E-state index in [1.165, 1.54) is 12.1 Å². The van der Waals surface area contributed by atoms with Crippen molar-refractivity contribution in [2.75, 3.05) is 0 Å². The molecular formula is C12H9F3N2O3. The molecule has 0 aliphatic heterocycles. The molecule has 20 heavy (non-hydrogen) atoms. The lowest BCUT2D eigenvalue weighted by atomic mass is 10.1. The van der Waals surface area contributed by atoms with Crippen LogP contribution < -0.4 is 5.69 Å². The first-order chi connectivity index (χ1) is 9.27. The number of halogens is 3. The minimum atomic E-state index is -4.48. The van der Waals surface area contributed by atoms with Gasteiger partial charge in [-0.2, -0.15) is 13.2 Å². The molecule has 0 saturated carbocycles. The van der Waals surface area contributed by atoms with Crippen LogP contribution in [0, 0.1) is 0 Å². The number of rotatable bonds is 3. The van der Waals surface area contributed by atoms with Crippen LogP contribution in [0.25, 0.3) is 0 Å². The normalized spacial score (nSPS) is 11.6. The monoisotopic (exact) mass is 286 g/mol. The van der Waals surface area contributed by atoms with Gasteiger partial charge in [-0.1, -0.05) is 18.2 Å². The number of aromatic carboxylic acids is 1. The summed E-state index contributed by atoms with van der Waals surface area (Å²) >= 11 is 0. The van der Waals surface area contributed by atoms with Crippen molar-refractivity contribution in [1.82, 2.24) is 9.97 Å². The lowest BCUT2D eigenvalue weighted by Crippen LogP contribution is -2.06. The van der Waals surface area contributed by atoms with Crippen molar-refractivity contribution in [1.29, 1.82) is 0 Å². The highest BCUT2D eigenvalue weighted by atomic mass is 19.4. The molecule has 1 aromatic carbocycles. The Labute approximate surface area is 110 Å². The van der Waals surface area contributed by atoms with Crippen molar-refractivity contribution in [3.8, 4) is 0 Å². The van der Waals surface area contributed by atoms with E-state index in [0.29, 0.717) is 0 Å². The van der Waals surface area contributed by atoms with Crippen molar-refractivity contribution in [2.24, 2.45) is 0 Å². The first-order valence-electron chi connectivity index (χ1n) is 5.48. The number of H-pyrrole nitrogens is 2. The van der Waals surface area contributed by atoms with Crippen LogP contribution in [-0.4, -0.2) is 21.0 Å². The Balaban J connectivity index is 2.36. The smallest absolute Gasteiger partial charge is 0.416 e. The van der Waals surface area contributed by atoms with E-state index >= 15 is 0 Å². The topological polar surface area (TPSA) is 85.9 Å². The molecule has 0 radical (unpaired) electrons. The van der Waals surface area contributed by atoms with Crippen LogP contribution in [0.15, 0.2) is 29.1 Å². The lowest BCUT2D eigenvalue weighted by Gasteiger charge is -2.08. The maximum absolute atomic E-state index is 12.6. The highest BCUT2D eigenvalue weighted by Crippen LogP contribution is 2.29. The molecule has 0 amide bonds. The molecule has 106 valence electrons. The number of hydrogen-bond acceptors (Lipinski definition) is 2. The van der Waals surface area contributed by atoms with Gasteiger partial charge >= 0.3 is 17.8 Å². The predicted octanol–water partition coefficient (Wildman–Crippen LogP) is 2.01. The van der Waals surface area contributed by atoms with E-state index in [0.717, 1.165) is 12.1 Å². The molecule has 0 bridgehead atoms. The van der Waals surface area contributed by atoms with Crippen LogP contribution in [0.3, 0.4) is 0 Å². The average molecular weight is 286 g/mol. The minimum Gasteiger partial charge on any atom is -0.477 e. The van der Waals surface area contributed by atoms with Crippen LogP contribution in [0.2, 0.25) is 0 Å². The number of carboxylic acids is 1. The van der Waals surface area contributed by atoms with Crippen molar-refractivity contribution in [2.45, 2.75) is 12.6 Å². The molecule has 0 aliphatic rings. The van der Waals surface area contributed by atoms with Gasteiger partial charge in [-0.15, -0.1) is 0 Å². The summed E-state index contributed by atoms with van der Waals surface area (Å²) in [5, 5.41) is 8.87. The molecule has 0 saturated heterocycles. The van der Waals surface area contributed by atoms with Gasteiger partial charge in [0.15, 0.2) is 0 Å². The number of benzene rings is 1. The largest absolute Gasteiger partial charge is 0.477 e. The Hall–Kier alpha value is -2.51. The Morgan fingerprint density at radius 1 is 1.25 bits per heavy atom. The van der Waals surface area contributed by atoms with Gasteiger partial charge in [-0.25, -0.2) is 9.59 Å². The molecule has 2 rings (SSSR count). The van der Waals surface area contributed by atoms with Crippen LogP contribution in [-0.2, 0) is 12.6 Å². The van der Waals surface area contributed by atoms with Gasteiger partial charge in [-0.05, 0) is 11.6 Å². The Bertz CT molecular complexity index is 700. The van der Waals surface area contributed by atoms with Gasteiger partial charge in [0.25, 0.3) is 0 Å². The molecule has 5 nitrogen and oxygen atoms in total. The third-order valence-electron chi connectivity index (χ3n) is 2.65. The fourth-order valence-electron chi connectivity index (χ4n) is 1.80. The van der Waals surface area contributed by atoms with Gasteiger partial charge in [-0.3, -0.25) is 4.98 Å². The molecule has 1 heterocycles. The fourth-order valence-corrected chi connectivity index (χ4v) is 1.80. The molecule has 8 heteroatoms. The van der Waals surface area contributed by atoms with Gasteiger partial charge in [0.1, 0.15) is 5.69 Å². The zero-order valence-corrected chi connectivity index (χ0v) is 9.91. The van der Waals surface area contributed by atoms with Crippen molar-refractivity contribution < 1.29 is 23.1 Å². The maximum atomic E-state index is 12.6. The van der Waals surface area contributed by atoms with Crippen LogP contribution in [0.4, 0.5) is 13.2 Å². The lowest BCUT2D eigenvalue weighted by molar-refractivity contribution is -0.137. The second-order valence-electron chi connectivity index (χ2n) is 4.11. The summed E-state index contributed by atoms with van der Waals surface area (Å²) in [7, 11) is 0. The molecule has 0 fully saturated rings. The standard InChI is InChI=1S/C12H9F3N2O3/c13-12(14,15)7-3-1-2-6(4-7)5-8-9(10(18)19)17-11(20)16-8/h1-4H,5H2,(H,18,19)(H2,16,17,20). The molecule has 0 aliphatic carbocycles. The maximum Gasteiger partial charge on any atom is 0.416 e. The summed E-state index contributed by atoms with van der Waals surface area (Å²) in [6.45, 7) is 0. The SMILES string of the molecule is O=C(O)c1[nH]c(=O)[nH]c1Cc1cccc(C(F)(F)F)c1. The van der Waals surface area contributed by atoms with Gasteiger partial charge in [0, 0.05) is 6.42 Å². The minimum absolute atomic E-state index is 0.0295. The zero-order valence-electron chi connectivity index (χ0n) is 9.91. The number of alkyl halides is 3. The highest BCUT2D eigenvalue weighted by Gasteiger charge is 2.30. The van der Waals surface area contributed by atoms with E-state index in [-0.39, 0.29) is 23.4 Å². The quantitative estimate of drug-likeness (QED) is 0.806. The Kier molecular flexibility index (Phi) is 3.39. The second-order valence-corrected chi connectivity index (χ2v) is 4.11. The summed E-state index contributed by atoms with van der Waals surface area (Å²) < 4.78 is 37.7. The van der Waals surface area contributed by atoms with Gasteiger partial charge in [0.2, 0.25) is 0 Å². The molecular weight excluding hydrogens is 277 g/mol. The summed E-state index contributed by atoms with van der Waals surface area (Å²) in [6, 6.07) is 4.48. The number of nitrogens with one attached hydrogen (secondary N) is 2. The molecule has 2 aromatic rings. The first kappa shape index (κ1) is 13.9. The van der Waals surface area contributed by atoms with Gasteiger partial charge in [0.05, 0.1) is 11.3 Å².